The van der Waals surface area contributed by atoms with Crippen LogP contribution in [-0.2, 0) is 17.5 Å². The number of carbonyl (C=O) groups excluding carboxylic acids is 1. The fourth-order valence-corrected chi connectivity index (χ4v) is 3.30. The number of aromatic nitrogens is 1. The summed E-state index contributed by atoms with van der Waals surface area (Å²) >= 11 is 0.942. The highest BCUT2D eigenvalue weighted by Gasteiger charge is 2.33. The molecule has 6 nitrogen and oxygen atoms in total. The van der Waals surface area contributed by atoms with Crippen LogP contribution in [0.5, 0.6) is 0 Å². The van der Waals surface area contributed by atoms with Gasteiger partial charge in [0, 0.05) is 25.5 Å². The largest absolute Gasteiger partial charge is 0.434 e. The molecule has 1 aliphatic rings. The number of nitrogens with zero attached hydrogens (tertiary/aromatic N) is 3. The molecule has 0 aliphatic heterocycles. The van der Waals surface area contributed by atoms with Gasteiger partial charge in [0.25, 0.3) is 0 Å². The second-order valence-electron chi connectivity index (χ2n) is 6.41. The number of hydrogen-bond acceptors (Lipinski definition) is 4. The molecule has 0 unspecified atom stereocenters. The quantitative estimate of drug-likeness (QED) is 0.598. The third-order valence-corrected chi connectivity index (χ3v) is 4.92. The highest BCUT2D eigenvalue weighted by molar-refractivity contribution is 7.09. The number of nitrogens with one attached hydrogen (secondary N) is 2. The van der Waals surface area contributed by atoms with Gasteiger partial charge in [-0.3, -0.25) is 4.79 Å². The molecule has 0 spiro atoms. The monoisotopic (exact) mass is 391 g/mol. The molecule has 1 amide bonds. The van der Waals surface area contributed by atoms with Crippen molar-refractivity contribution in [3.8, 4) is 0 Å². The average molecular weight is 391 g/mol. The number of amides is 1. The van der Waals surface area contributed by atoms with Crippen LogP contribution in [0, 0.1) is 0 Å². The molecular formula is C16H24F3N5OS. The highest BCUT2D eigenvalue weighted by Crippen LogP contribution is 2.29. The summed E-state index contributed by atoms with van der Waals surface area (Å²) in [6, 6.07) is 0.256. The van der Waals surface area contributed by atoms with Crippen molar-refractivity contribution in [1.29, 1.82) is 0 Å². The van der Waals surface area contributed by atoms with E-state index >= 15 is 0 Å². The molecule has 1 fully saturated rings. The molecule has 2 N–H and O–H groups in total. The fraction of sp³-hybridized carbons (Fsp3) is 0.688. The molecule has 1 aromatic heterocycles. The van der Waals surface area contributed by atoms with Crippen LogP contribution in [-0.4, -0.2) is 48.4 Å². The predicted octanol–water partition coefficient (Wildman–Crippen LogP) is 2.62. The molecule has 1 aromatic rings. The van der Waals surface area contributed by atoms with Crippen LogP contribution in [0.15, 0.2) is 10.4 Å². The summed E-state index contributed by atoms with van der Waals surface area (Å²) < 4.78 is 37.9. The minimum atomic E-state index is -4.44. The topological polar surface area (TPSA) is 69.6 Å². The van der Waals surface area contributed by atoms with Gasteiger partial charge in [0.1, 0.15) is 11.6 Å². The van der Waals surface area contributed by atoms with Gasteiger partial charge >= 0.3 is 6.18 Å². The number of carbonyl (C=O) groups is 1. The molecule has 26 heavy (non-hydrogen) atoms. The van der Waals surface area contributed by atoms with Gasteiger partial charge in [0.15, 0.2) is 11.7 Å². The van der Waals surface area contributed by atoms with E-state index in [2.05, 4.69) is 20.6 Å². The van der Waals surface area contributed by atoms with Gasteiger partial charge in [-0.25, -0.2) is 9.98 Å². The number of hydrogen-bond donors (Lipinski definition) is 2. The standard InChI is InChI=1S/C16H24F3N5OS/c1-24(2)14(25)9-21-15(22-11-6-4-3-5-7-11)20-8-13-23-12(10-26-13)16(17,18)19/h10-11H,3-9H2,1-2H3,(H2,20,21,22). The number of thiazole rings is 1. The van der Waals surface area contributed by atoms with E-state index in [1.165, 1.54) is 11.3 Å². The first kappa shape index (κ1) is 20.5. The van der Waals surface area contributed by atoms with Crippen LogP contribution < -0.4 is 10.6 Å². The van der Waals surface area contributed by atoms with Gasteiger partial charge in [-0.15, -0.1) is 11.3 Å². The molecule has 1 heterocycles. The smallest absolute Gasteiger partial charge is 0.354 e. The number of alkyl halides is 3. The van der Waals surface area contributed by atoms with Crippen molar-refractivity contribution in [3.63, 3.8) is 0 Å². The molecule has 0 aromatic carbocycles. The van der Waals surface area contributed by atoms with Crippen LogP contribution in [0.2, 0.25) is 0 Å². The second kappa shape index (κ2) is 9.20. The molecule has 2 rings (SSSR count). The van der Waals surface area contributed by atoms with E-state index < -0.39 is 11.9 Å². The third-order valence-electron chi connectivity index (χ3n) is 4.07. The van der Waals surface area contributed by atoms with E-state index in [1.807, 2.05) is 0 Å². The molecule has 0 saturated heterocycles. The fourth-order valence-electron chi connectivity index (χ4n) is 2.56. The van der Waals surface area contributed by atoms with Crippen molar-refractivity contribution in [2.45, 2.75) is 50.9 Å². The average Bonchev–Trinajstić information content (AvgIpc) is 3.07. The molecular weight excluding hydrogens is 367 g/mol. The van der Waals surface area contributed by atoms with Gasteiger partial charge in [0.2, 0.25) is 5.91 Å². The first-order valence-electron chi connectivity index (χ1n) is 8.52. The number of halogens is 3. The highest BCUT2D eigenvalue weighted by atomic mass is 32.1. The Kier molecular flexibility index (Phi) is 7.24. The van der Waals surface area contributed by atoms with Crippen LogP contribution in [0.3, 0.4) is 0 Å². The van der Waals surface area contributed by atoms with Crippen molar-refractivity contribution in [1.82, 2.24) is 20.5 Å². The maximum atomic E-state index is 12.6. The molecule has 0 radical (unpaired) electrons. The Bertz CT molecular complexity index is 624. The van der Waals surface area contributed by atoms with E-state index in [-0.39, 0.29) is 25.0 Å². The Morgan fingerprint density at radius 3 is 2.62 bits per heavy atom. The summed E-state index contributed by atoms with van der Waals surface area (Å²) in [5, 5.41) is 7.58. The number of rotatable bonds is 5. The van der Waals surface area contributed by atoms with Crippen molar-refractivity contribution >= 4 is 23.2 Å². The summed E-state index contributed by atoms with van der Waals surface area (Å²) in [5.41, 5.74) is -0.888. The summed E-state index contributed by atoms with van der Waals surface area (Å²) in [6.07, 6.45) is 1.04. The lowest BCUT2D eigenvalue weighted by Gasteiger charge is -2.25. The summed E-state index contributed by atoms with van der Waals surface area (Å²) in [6.45, 7) is 0.0934. The van der Waals surface area contributed by atoms with E-state index in [9.17, 15) is 18.0 Å². The van der Waals surface area contributed by atoms with Crippen LogP contribution in [0.4, 0.5) is 13.2 Å². The molecule has 1 aliphatic carbocycles. The Morgan fingerprint density at radius 2 is 2.04 bits per heavy atom. The summed E-state index contributed by atoms with van der Waals surface area (Å²) in [5.74, 6) is 0.277. The Balaban J connectivity index is 1.99. The zero-order valence-electron chi connectivity index (χ0n) is 14.9. The van der Waals surface area contributed by atoms with Crippen LogP contribution >= 0.6 is 11.3 Å². The Morgan fingerprint density at radius 1 is 1.35 bits per heavy atom. The van der Waals surface area contributed by atoms with Crippen molar-refractivity contribution in [2.24, 2.45) is 4.99 Å². The van der Waals surface area contributed by atoms with E-state index in [1.54, 1.807) is 14.1 Å². The lowest BCUT2D eigenvalue weighted by molar-refractivity contribution is -0.140. The molecule has 146 valence electrons. The van der Waals surface area contributed by atoms with E-state index in [4.69, 9.17) is 0 Å². The molecule has 0 bridgehead atoms. The maximum Gasteiger partial charge on any atom is 0.434 e. The van der Waals surface area contributed by atoms with Gasteiger partial charge in [-0.05, 0) is 12.8 Å². The summed E-state index contributed by atoms with van der Waals surface area (Å²) in [4.78, 5) is 21.1. The van der Waals surface area contributed by atoms with Crippen LogP contribution in [0.1, 0.15) is 42.8 Å². The van der Waals surface area contributed by atoms with E-state index in [0.717, 1.165) is 42.4 Å². The zero-order valence-corrected chi connectivity index (χ0v) is 15.7. The third kappa shape index (κ3) is 6.47. The first-order chi connectivity index (χ1) is 12.3. The Hall–Kier alpha value is -1.84. The second-order valence-corrected chi connectivity index (χ2v) is 7.35. The van der Waals surface area contributed by atoms with Crippen LogP contribution in [0.25, 0.3) is 0 Å². The molecule has 10 heteroatoms. The Labute approximate surface area is 154 Å². The van der Waals surface area contributed by atoms with Gasteiger partial charge < -0.3 is 15.5 Å². The normalized spacial score (nSPS) is 16.4. The first-order valence-corrected chi connectivity index (χ1v) is 9.40. The number of guanidine groups is 1. The maximum absolute atomic E-state index is 12.6. The number of aliphatic imine (C=N–C) groups is 1. The van der Waals surface area contributed by atoms with Gasteiger partial charge in [0.05, 0.1) is 6.54 Å². The summed E-state index contributed by atoms with van der Waals surface area (Å²) in [7, 11) is 3.29. The molecule has 0 atom stereocenters. The van der Waals surface area contributed by atoms with E-state index in [0.29, 0.717) is 11.0 Å². The lowest BCUT2D eigenvalue weighted by Crippen LogP contribution is -2.44. The zero-order chi connectivity index (χ0) is 19.2. The van der Waals surface area contributed by atoms with Crippen molar-refractivity contribution < 1.29 is 18.0 Å². The molecule has 1 saturated carbocycles. The van der Waals surface area contributed by atoms with Gasteiger partial charge in [-0.2, -0.15) is 13.2 Å². The minimum Gasteiger partial charge on any atom is -0.354 e. The van der Waals surface area contributed by atoms with Crippen molar-refractivity contribution in [2.75, 3.05) is 20.6 Å². The predicted molar refractivity (Wildman–Crippen MR) is 95.0 cm³/mol. The van der Waals surface area contributed by atoms with Crippen molar-refractivity contribution in [3.05, 3.63) is 16.1 Å². The lowest BCUT2D eigenvalue weighted by atomic mass is 9.96. The minimum absolute atomic E-state index is 0.0271. The number of likely N-dealkylation sites (N-methyl/N-ethyl adjacent to an activating group) is 1. The van der Waals surface area contributed by atoms with Gasteiger partial charge in [-0.1, -0.05) is 19.3 Å². The SMILES string of the molecule is CN(C)C(=O)CN=C(NCc1nc(C(F)(F)F)cs1)NC1CCCCC1.